The van der Waals surface area contributed by atoms with E-state index in [-0.39, 0.29) is 5.82 Å². The van der Waals surface area contributed by atoms with Gasteiger partial charge < -0.3 is 5.32 Å². The highest BCUT2D eigenvalue weighted by Gasteiger charge is 2.05. The maximum Gasteiger partial charge on any atom is 0.187 e. The topological polar surface area (TPSA) is 24.9 Å². The zero-order valence-corrected chi connectivity index (χ0v) is 11.7. The van der Waals surface area contributed by atoms with Gasteiger partial charge in [-0.2, -0.15) is 0 Å². The van der Waals surface area contributed by atoms with Crippen LogP contribution in [0, 0.1) is 12.7 Å². The van der Waals surface area contributed by atoms with Crippen molar-refractivity contribution in [3.63, 3.8) is 0 Å². The van der Waals surface area contributed by atoms with Crippen LogP contribution in [0.15, 0.2) is 53.9 Å². The Bertz CT molecular complexity index is 719. The minimum Gasteiger partial charge on any atom is -0.332 e. The Balaban J connectivity index is 1.82. The molecule has 3 rings (SSSR count). The molecule has 0 saturated heterocycles. The van der Waals surface area contributed by atoms with Crippen LogP contribution in [-0.4, -0.2) is 4.98 Å². The third-order valence-corrected chi connectivity index (χ3v) is 3.67. The van der Waals surface area contributed by atoms with Gasteiger partial charge in [0, 0.05) is 16.6 Å². The van der Waals surface area contributed by atoms with E-state index in [4.69, 9.17) is 0 Å². The first-order valence-corrected chi connectivity index (χ1v) is 7.14. The van der Waals surface area contributed by atoms with Gasteiger partial charge in [0.25, 0.3) is 0 Å². The number of aromatic nitrogens is 1. The van der Waals surface area contributed by atoms with Gasteiger partial charge in [-0.25, -0.2) is 9.37 Å². The normalized spacial score (nSPS) is 10.5. The third-order valence-electron chi connectivity index (χ3n) is 2.91. The van der Waals surface area contributed by atoms with Crippen LogP contribution in [0.5, 0.6) is 0 Å². The lowest BCUT2D eigenvalue weighted by molar-refractivity contribution is 0.628. The van der Waals surface area contributed by atoms with Crippen LogP contribution in [0.3, 0.4) is 0 Å². The Morgan fingerprint density at radius 3 is 2.65 bits per heavy atom. The largest absolute Gasteiger partial charge is 0.332 e. The minimum absolute atomic E-state index is 0.241. The van der Waals surface area contributed by atoms with Crippen molar-refractivity contribution in [3.05, 3.63) is 65.3 Å². The summed E-state index contributed by atoms with van der Waals surface area (Å²) in [4.78, 5) is 4.55. The Hall–Kier alpha value is -2.20. The van der Waals surface area contributed by atoms with Crippen molar-refractivity contribution in [3.8, 4) is 11.3 Å². The first-order valence-electron chi connectivity index (χ1n) is 6.26. The summed E-state index contributed by atoms with van der Waals surface area (Å²) in [5.74, 6) is -0.241. The van der Waals surface area contributed by atoms with Gasteiger partial charge >= 0.3 is 0 Å². The van der Waals surface area contributed by atoms with E-state index in [9.17, 15) is 4.39 Å². The summed E-state index contributed by atoms with van der Waals surface area (Å²) in [5.41, 5.74) is 4.09. The molecule has 4 heteroatoms. The molecule has 0 unspecified atom stereocenters. The Labute approximate surface area is 120 Å². The average Bonchev–Trinajstić information content (AvgIpc) is 2.90. The van der Waals surface area contributed by atoms with E-state index in [1.54, 1.807) is 12.1 Å². The highest BCUT2D eigenvalue weighted by Crippen LogP contribution is 2.27. The number of rotatable bonds is 3. The third kappa shape index (κ3) is 2.86. The lowest BCUT2D eigenvalue weighted by Crippen LogP contribution is -1.89. The van der Waals surface area contributed by atoms with Crippen LogP contribution in [-0.2, 0) is 0 Å². The summed E-state index contributed by atoms with van der Waals surface area (Å²) >= 11 is 1.53. The first-order chi connectivity index (χ1) is 9.70. The molecule has 0 radical (unpaired) electrons. The summed E-state index contributed by atoms with van der Waals surface area (Å²) in [7, 11) is 0. The highest BCUT2D eigenvalue weighted by atomic mass is 32.1. The molecule has 3 aromatic rings. The van der Waals surface area contributed by atoms with Gasteiger partial charge in [-0.15, -0.1) is 11.3 Å². The summed E-state index contributed by atoms with van der Waals surface area (Å²) in [6, 6.07) is 14.5. The quantitative estimate of drug-likeness (QED) is 0.732. The minimum atomic E-state index is -0.241. The standard InChI is InChI=1S/C16H13FN2S/c1-11-3-2-4-12(9-11)15-10-20-16(19-15)18-14-7-5-13(17)6-8-14/h2-10H,1H3,(H,18,19). The number of halogens is 1. The highest BCUT2D eigenvalue weighted by molar-refractivity contribution is 7.14. The molecule has 0 amide bonds. The Morgan fingerprint density at radius 1 is 1.10 bits per heavy atom. The lowest BCUT2D eigenvalue weighted by Gasteiger charge is -2.02. The fourth-order valence-electron chi connectivity index (χ4n) is 1.92. The van der Waals surface area contributed by atoms with Gasteiger partial charge in [0.1, 0.15) is 5.82 Å². The van der Waals surface area contributed by atoms with Crippen LogP contribution in [0.1, 0.15) is 5.56 Å². The van der Waals surface area contributed by atoms with Crippen molar-refractivity contribution in [1.82, 2.24) is 4.98 Å². The summed E-state index contributed by atoms with van der Waals surface area (Å²) < 4.78 is 12.8. The van der Waals surface area contributed by atoms with Gasteiger partial charge in [0.05, 0.1) is 5.69 Å². The van der Waals surface area contributed by atoms with Gasteiger partial charge in [0.15, 0.2) is 5.13 Å². The first kappa shape index (κ1) is 12.8. The molecule has 0 aliphatic rings. The van der Waals surface area contributed by atoms with E-state index < -0.39 is 0 Å². The van der Waals surface area contributed by atoms with E-state index >= 15 is 0 Å². The molecule has 1 N–H and O–H groups in total. The smallest absolute Gasteiger partial charge is 0.187 e. The van der Waals surface area contributed by atoms with E-state index in [0.717, 1.165) is 22.1 Å². The molecular weight excluding hydrogens is 271 g/mol. The molecule has 2 nitrogen and oxygen atoms in total. The molecule has 0 spiro atoms. The number of hydrogen-bond acceptors (Lipinski definition) is 3. The van der Waals surface area contributed by atoms with Crippen LogP contribution in [0.25, 0.3) is 11.3 Å². The number of aryl methyl sites for hydroxylation is 1. The second-order valence-corrected chi connectivity index (χ2v) is 5.40. The van der Waals surface area contributed by atoms with Crippen molar-refractivity contribution in [2.24, 2.45) is 0 Å². The number of nitrogens with zero attached hydrogens (tertiary/aromatic N) is 1. The fourth-order valence-corrected chi connectivity index (χ4v) is 2.66. The summed E-state index contributed by atoms with van der Waals surface area (Å²) in [6.07, 6.45) is 0. The van der Waals surface area contributed by atoms with Gasteiger partial charge in [-0.3, -0.25) is 0 Å². The maximum absolute atomic E-state index is 12.8. The van der Waals surface area contributed by atoms with Crippen LogP contribution >= 0.6 is 11.3 Å². The Morgan fingerprint density at radius 2 is 1.90 bits per heavy atom. The number of nitrogens with one attached hydrogen (secondary N) is 1. The predicted molar refractivity (Wildman–Crippen MR) is 82.0 cm³/mol. The molecule has 1 heterocycles. The van der Waals surface area contributed by atoms with Crippen molar-refractivity contribution < 1.29 is 4.39 Å². The molecule has 20 heavy (non-hydrogen) atoms. The monoisotopic (exact) mass is 284 g/mol. The molecule has 0 aliphatic heterocycles. The number of anilines is 2. The molecular formula is C16H13FN2S. The van der Waals surface area contributed by atoms with E-state index in [2.05, 4.69) is 29.4 Å². The molecule has 0 fully saturated rings. The lowest BCUT2D eigenvalue weighted by atomic mass is 10.1. The maximum atomic E-state index is 12.8. The van der Waals surface area contributed by atoms with Crippen LogP contribution in [0.4, 0.5) is 15.2 Å². The van der Waals surface area contributed by atoms with Gasteiger partial charge in [-0.05, 0) is 37.3 Å². The second-order valence-electron chi connectivity index (χ2n) is 4.54. The zero-order chi connectivity index (χ0) is 13.9. The summed E-state index contributed by atoms with van der Waals surface area (Å²) in [6.45, 7) is 2.06. The van der Waals surface area contributed by atoms with Crippen LogP contribution in [0.2, 0.25) is 0 Å². The molecule has 2 aromatic carbocycles. The van der Waals surface area contributed by atoms with Gasteiger partial charge in [0.2, 0.25) is 0 Å². The number of hydrogen-bond donors (Lipinski definition) is 1. The number of benzene rings is 2. The summed E-state index contributed by atoms with van der Waals surface area (Å²) in [5, 5.41) is 5.99. The van der Waals surface area contributed by atoms with E-state index in [0.29, 0.717) is 0 Å². The van der Waals surface area contributed by atoms with Crippen molar-refractivity contribution in [1.29, 1.82) is 0 Å². The van der Waals surface area contributed by atoms with Crippen LogP contribution < -0.4 is 5.32 Å². The SMILES string of the molecule is Cc1cccc(-c2csc(Nc3ccc(F)cc3)n2)c1. The molecule has 0 bridgehead atoms. The van der Waals surface area contributed by atoms with Crippen molar-refractivity contribution >= 4 is 22.2 Å². The second kappa shape index (κ2) is 5.43. The van der Waals surface area contributed by atoms with Crippen molar-refractivity contribution in [2.45, 2.75) is 6.92 Å². The fraction of sp³-hybridized carbons (Fsp3) is 0.0625. The average molecular weight is 284 g/mol. The molecule has 0 atom stereocenters. The Kier molecular flexibility index (Phi) is 3.48. The van der Waals surface area contributed by atoms with E-state index in [1.165, 1.54) is 29.0 Å². The molecule has 0 aliphatic carbocycles. The van der Waals surface area contributed by atoms with Crippen molar-refractivity contribution in [2.75, 3.05) is 5.32 Å². The molecule has 1 aromatic heterocycles. The predicted octanol–water partition coefficient (Wildman–Crippen LogP) is 5.00. The molecule has 100 valence electrons. The zero-order valence-electron chi connectivity index (χ0n) is 10.9. The van der Waals surface area contributed by atoms with E-state index in [1.807, 2.05) is 17.5 Å². The molecule has 0 saturated carbocycles. The number of thiazole rings is 1. The van der Waals surface area contributed by atoms with Gasteiger partial charge in [-0.1, -0.05) is 23.8 Å².